The summed E-state index contributed by atoms with van der Waals surface area (Å²) in [4.78, 5) is 35.3. The van der Waals surface area contributed by atoms with Crippen LogP contribution >= 0.6 is 0 Å². The maximum Gasteiger partial charge on any atom is 0.310 e. The minimum Gasteiger partial charge on any atom is -0.481 e. The maximum atomic E-state index is 12.6. The predicted molar refractivity (Wildman–Crippen MR) is 153 cm³/mol. The number of hydrogen-bond donors (Lipinski definition) is 2. The molecule has 6 nitrogen and oxygen atoms in total. The van der Waals surface area contributed by atoms with Crippen molar-refractivity contribution in [3.63, 3.8) is 0 Å². The lowest BCUT2D eigenvalue weighted by Crippen LogP contribution is -2.19. The summed E-state index contributed by atoms with van der Waals surface area (Å²) in [5, 5.41) is 11.9. The smallest absolute Gasteiger partial charge is 0.310 e. The molecule has 0 atom stereocenters. The molecule has 38 heavy (non-hydrogen) atoms. The van der Waals surface area contributed by atoms with Gasteiger partial charge in [0.1, 0.15) is 5.75 Å². The number of hydrogen-bond acceptors (Lipinski definition) is 4. The van der Waals surface area contributed by atoms with Crippen LogP contribution in [0, 0.1) is 5.41 Å². The number of aliphatic carboxylic acids is 1. The van der Waals surface area contributed by atoms with E-state index in [4.69, 9.17) is 9.84 Å². The van der Waals surface area contributed by atoms with Crippen molar-refractivity contribution in [3.8, 4) is 5.75 Å². The van der Waals surface area contributed by atoms with Crippen LogP contribution in [-0.2, 0) is 20.8 Å². The zero-order valence-corrected chi connectivity index (χ0v) is 23.5. The van der Waals surface area contributed by atoms with Gasteiger partial charge in [-0.15, -0.1) is 0 Å². The Kier molecular flexibility index (Phi) is 11.5. The largest absolute Gasteiger partial charge is 0.481 e. The first-order valence-corrected chi connectivity index (χ1v) is 13.2. The van der Waals surface area contributed by atoms with Gasteiger partial charge in [-0.2, -0.15) is 0 Å². The number of benzene rings is 1. The van der Waals surface area contributed by atoms with Crippen LogP contribution in [-0.4, -0.2) is 23.0 Å². The summed E-state index contributed by atoms with van der Waals surface area (Å²) in [6.07, 6.45) is 15.6. The second-order valence-electron chi connectivity index (χ2n) is 10.5. The number of allylic oxidation sites excluding steroid dienone is 9. The molecule has 2 rings (SSSR count). The van der Waals surface area contributed by atoms with Crippen LogP contribution in [0.2, 0.25) is 0 Å². The van der Waals surface area contributed by atoms with Crippen LogP contribution in [0.3, 0.4) is 0 Å². The molecule has 1 aromatic carbocycles. The van der Waals surface area contributed by atoms with Crippen molar-refractivity contribution < 1.29 is 24.2 Å². The zero-order chi connectivity index (χ0) is 28.3. The molecule has 1 aliphatic rings. The van der Waals surface area contributed by atoms with E-state index in [1.807, 2.05) is 25.2 Å². The number of nitrogens with one attached hydrogen (secondary N) is 1. The van der Waals surface area contributed by atoms with E-state index in [1.54, 1.807) is 25.1 Å². The third-order valence-electron chi connectivity index (χ3n) is 6.60. The van der Waals surface area contributed by atoms with Crippen LogP contribution < -0.4 is 10.1 Å². The summed E-state index contributed by atoms with van der Waals surface area (Å²) >= 11 is 0. The van der Waals surface area contributed by atoms with Gasteiger partial charge in [0.25, 0.3) is 0 Å². The molecule has 1 aliphatic carbocycles. The van der Waals surface area contributed by atoms with E-state index < -0.39 is 5.97 Å². The number of carbonyl (C=O) groups excluding carboxylic acids is 2. The van der Waals surface area contributed by atoms with Gasteiger partial charge in [-0.3, -0.25) is 14.4 Å². The fourth-order valence-electron chi connectivity index (χ4n) is 4.46. The Labute approximate surface area is 226 Å². The highest BCUT2D eigenvalue weighted by Crippen LogP contribution is 2.40. The van der Waals surface area contributed by atoms with E-state index in [2.05, 4.69) is 45.2 Å². The van der Waals surface area contributed by atoms with Crippen LogP contribution in [0.4, 0.5) is 5.69 Å². The summed E-state index contributed by atoms with van der Waals surface area (Å²) in [7, 11) is 0. The first-order valence-electron chi connectivity index (χ1n) is 13.2. The second-order valence-corrected chi connectivity index (χ2v) is 10.5. The highest BCUT2D eigenvalue weighted by atomic mass is 16.5. The third-order valence-corrected chi connectivity index (χ3v) is 6.60. The number of carbonyl (C=O) groups is 3. The number of aryl methyl sites for hydroxylation is 1. The number of ether oxygens (including phenoxy) is 1. The molecule has 2 N–H and O–H groups in total. The standard InChI is InChI=1S/C32H41NO5/c1-7-31(37)38-26-15-17-28(25(21-26)14-18-30(35)36)33-29(34)20-23(3)11-8-10-22(2)13-16-27-24(4)12-9-19-32(27,5)6/h8,10-11,13,15-17,20-21H,7,9,12,14,18-19H2,1-6H3,(H,33,34)(H,35,36)/b11-8+,16-13+,22-10+,23-20+. The first kappa shape index (κ1) is 30.6. The number of rotatable bonds is 11. The fourth-order valence-corrected chi connectivity index (χ4v) is 4.46. The topological polar surface area (TPSA) is 92.7 Å². The van der Waals surface area contributed by atoms with Crippen molar-refractivity contribution in [2.75, 3.05) is 5.32 Å². The van der Waals surface area contributed by atoms with Crippen LogP contribution in [0.1, 0.15) is 79.2 Å². The number of esters is 1. The van der Waals surface area contributed by atoms with Gasteiger partial charge >= 0.3 is 11.9 Å². The number of amides is 1. The number of anilines is 1. The Morgan fingerprint density at radius 2 is 1.87 bits per heavy atom. The van der Waals surface area contributed by atoms with Crippen molar-refractivity contribution in [2.45, 2.75) is 80.1 Å². The number of carboxylic acids is 1. The summed E-state index contributed by atoms with van der Waals surface area (Å²) < 4.78 is 5.23. The molecule has 0 saturated carbocycles. The molecule has 0 fully saturated rings. The number of carboxylic acid groups (broad SMARTS) is 1. The molecule has 1 amide bonds. The highest BCUT2D eigenvalue weighted by Gasteiger charge is 2.26. The summed E-state index contributed by atoms with van der Waals surface area (Å²) in [6.45, 7) is 12.4. The van der Waals surface area contributed by atoms with Gasteiger partial charge in [0.15, 0.2) is 0 Å². The monoisotopic (exact) mass is 519 g/mol. The maximum absolute atomic E-state index is 12.6. The van der Waals surface area contributed by atoms with Crippen molar-refractivity contribution in [1.29, 1.82) is 0 Å². The minimum absolute atomic E-state index is 0.111. The average molecular weight is 520 g/mol. The van der Waals surface area contributed by atoms with Gasteiger partial charge in [0.2, 0.25) is 5.91 Å². The van der Waals surface area contributed by atoms with Crippen molar-refractivity contribution in [2.24, 2.45) is 5.41 Å². The molecule has 0 saturated heterocycles. The van der Waals surface area contributed by atoms with E-state index in [-0.39, 0.29) is 36.6 Å². The Hall–Kier alpha value is -3.67. The average Bonchev–Trinajstić information content (AvgIpc) is 2.83. The van der Waals surface area contributed by atoms with E-state index >= 15 is 0 Å². The van der Waals surface area contributed by atoms with Crippen molar-refractivity contribution in [1.82, 2.24) is 0 Å². The fraction of sp³-hybridized carbons (Fsp3) is 0.406. The molecule has 0 heterocycles. The molecular weight excluding hydrogens is 478 g/mol. The Morgan fingerprint density at radius 1 is 1.13 bits per heavy atom. The SMILES string of the molecule is CCC(=O)Oc1ccc(NC(=O)/C=C(C)/C=C/C=C(C)/C=C/C2=C(C)CCCC2(C)C)c(CCC(=O)O)c1. The second kappa shape index (κ2) is 14.3. The zero-order valence-electron chi connectivity index (χ0n) is 23.5. The van der Waals surface area contributed by atoms with E-state index in [0.29, 0.717) is 17.0 Å². The van der Waals surface area contributed by atoms with Crippen LogP contribution in [0.25, 0.3) is 0 Å². The first-order chi connectivity index (χ1) is 17.9. The quantitative estimate of drug-likeness (QED) is 0.137. The van der Waals surface area contributed by atoms with Crippen molar-refractivity contribution >= 4 is 23.5 Å². The molecular formula is C32H41NO5. The summed E-state index contributed by atoms with van der Waals surface area (Å²) in [5.74, 6) is -1.35. The van der Waals surface area contributed by atoms with Crippen LogP contribution in [0.5, 0.6) is 5.75 Å². The lowest BCUT2D eigenvalue weighted by molar-refractivity contribution is -0.137. The normalized spacial score (nSPS) is 16.3. The summed E-state index contributed by atoms with van der Waals surface area (Å²) in [5.41, 5.74) is 6.04. The third kappa shape index (κ3) is 10.0. The summed E-state index contributed by atoms with van der Waals surface area (Å²) in [6, 6.07) is 4.79. The van der Waals surface area contributed by atoms with E-state index in [0.717, 1.165) is 17.6 Å². The molecule has 0 radical (unpaired) electrons. The van der Waals surface area contributed by atoms with Gasteiger partial charge in [0, 0.05) is 24.6 Å². The van der Waals surface area contributed by atoms with Gasteiger partial charge in [-0.1, -0.05) is 62.3 Å². The van der Waals surface area contributed by atoms with Crippen LogP contribution in [0.15, 0.2) is 76.9 Å². The highest BCUT2D eigenvalue weighted by molar-refractivity contribution is 6.00. The van der Waals surface area contributed by atoms with E-state index in [1.165, 1.54) is 30.1 Å². The lowest BCUT2D eigenvalue weighted by atomic mass is 9.72. The molecule has 1 aromatic rings. The molecule has 204 valence electrons. The molecule has 0 spiro atoms. The Morgan fingerprint density at radius 3 is 2.53 bits per heavy atom. The minimum atomic E-state index is -0.952. The lowest BCUT2D eigenvalue weighted by Gasteiger charge is -2.32. The van der Waals surface area contributed by atoms with Gasteiger partial charge in [-0.25, -0.2) is 0 Å². The van der Waals surface area contributed by atoms with Gasteiger partial charge in [0.05, 0.1) is 0 Å². The van der Waals surface area contributed by atoms with Gasteiger partial charge in [-0.05, 0) is 86.8 Å². The van der Waals surface area contributed by atoms with Gasteiger partial charge < -0.3 is 15.2 Å². The predicted octanol–water partition coefficient (Wildman–Crippen LogP) is 7.49. The molecule has 0 bridgehead atoms. The molecule has 0 unspecified atom stereocenters. The van der Waals surface area contributed by atoms with E-state index in [9.17, 15) is 14.4 Å². The molecule has 6 heteroatoms. The Bertz CT molecular complexity index is 1190. The molecule has 0 aliphatic heterocycles. The Balaban J connectivity index is 2.08. The van der Waals surface area contributed by atoms with Crippen molar-refractivity contribution in [3.05, 3.63) is 82.5 Å². The molecule has 0 aromatic heterocycles.